The Labute approximate surface area is 180 Å². The van der Waals surface area contributed by atoms with Gasteiger partial charge in [0.1, 0.15) is 0 Å². The van der Waals surface area contributed by atoms with Crippen molar-refractivity contribution in [3.8, 4) is 0 Å². The summed E-state index contributed by atoms with van der Waals surface area (Å²) in [5, 5.41) is 0. The topological polar surface area (TPSA) is 29.5 Å². The van der Waals surface area contributed by atoms with Crippen LogP contribution < -0.4 is 0 Å². The van der Waals surface area contributed by atoms with Gasteiger partial charge in [-0.3, -0.25) is 4.79 Å². The molecule has 1 aromatic carbocycles. The van der Waals surface area contributed by atoms with Crippen LogP contribution in [0.5, 0.6) is 0 Å². The molecule has 0 unspecified atom stereocenters. The van der Waals surface area contributed by atoms with Crippen LogP contribution in [0.2, 0.25) is 0 Å². The molecule has 1 aliphatic heterocycles. The SMILES string of the molecule is Cc1cccc(CCCc2ccc(CCC(C)(C)CC(=O)N3CCOCC3)s2)c1. The molecular formula is C25H35NO2S. The normalized spacial score (nSPS) is 14.9. The van der Waals surface area contributed by atoms with Gasteiger partial charge in [0, 0.05) is 29.3 Å². The predicted octanol–water partition coefficient (Wildman–Crippen LogP) is 5.44. The smallest absolute Gasteiger partial charge is 0.223 e. The lowest BCUT2D eigenvalue weighted by Gasteiger charge is -2.31. The third-order valence-corrected chi connectivity index (χ3v) is 6.93. The lowest BCUT2D eigenvalue weighted by molar-refractivity contribution is -0.137. The molecule has 0 atom stereocenters. The van der Waals surface area contributed by atoms with Crippen LogP contribution in [0.25, 0.3) is 0 Å². The molecule has 1 amide bonds. The van der Waals surface area contributed by atoms with Gasteiger partial charge in [-0.05, 0) is 62.1 Å². The zero-order chi connectivity index (χ0) is 20.7. The Morgan fingerprint density at radius 1 is 1.07 bits per heavy atom. The summed E-state index contributed by atoms with van der Waals surface area (Å²) in [6, 6.07) is 13.4. The second-order valence-electron chi connectivity index (χ2n) is 9.04. The number of ether oxygens (including phenoxy) is 1. The second kappa shape index (κ2) is 10.4. The van der Waals surface area contributed by atoms with E-state index in [-0.39, 0.29) is 11.3 Å². The van der Waals surface area contributed by atoms with Gasteiger partial charge in [0.05, 0.1) is 13.2 Å². The molecule has 3 nitrogen and oxygen atoms in total. The number of hydrogen-bond acceptors (Lipinski definition) is 3. The maximum atomic E-state index is 12.6. The van der Waals surface area contributed by atoms with Crippen molar-refractivity contribution in [2.45, 2.75) is 59.3 Å². The Morgan fingerprint density at radius 3 is 2.52 bits per heavy atom. The van der Waals surface area contributed by atoms with Gasteiger partial charge in [-0.25, -0.2) is 0 Å². The minimum atomic E-state index is 0.0325. The van der Waals surface area contributed by atoms with E-state index in [2.05, 4.69) is 57.2 Å². The van der Waals surface area contributed by atoms with Crippen LogP contribution in [0.3, 0.4) is 0 Å². The number of rotatable bonds is 9. The molecule has 0 radical (unpaired) electrons. The average molecular weight is 414 g/mol. The van der Waals surface area contributed by atoms with Crippen molar-refractivity contribution in [1.29, 1.82) is 0 Å². The summed E-state index contributed by atoms with van der Waals surface area (Å²) in [4.78, 5) is 17.4. The number of hydrogen-bond donors (Lipinski definition) is 0. The Hall–Kier alpha value is -1.65. The van der Waals surface area contributed by atoms with E-state index in [0.29, 0.717) is 19.6 Å². The molecule has 1 aromatic heterocycles. The molecule has 1 aliphatic rings. The maximum absolute atomic E-state index is 12.6. The van der Waals surface area contributed by atoms with Crippen molar-refractivity contribution in [2.75, 3.05) is 26.3 Å². The Kier molecular flexibility index (Phi) is 7.91. The predicted molar refractivity (Wildman–Crippen MR) is 122 cm³/mol. The molecule has 0 N–H and O–H groups in total. The number of carbonyl (C=O) groups is 1. The van der Waals surface area contributed by atoms with Crippen molar-refractivity contribution < 1.29 is 9.53 Å². The average Bonchev–Trinajstić information content (AvgIpc) is 3.15. The van der Waals surface area contributed by atoms with Crippen LogP contribution in [-0.2, 0) is 28.8 Å². The summed E-state index contributed by atoms with van der Waals surface area (Å²) in [5.41, 5.74) is 2.81. The number of aryl methyl sites for hydroxylation is 4. The maximum Gasteiger partial charge on any atom is 0.223 e. The first kappa shape index (κ1) is 22.0. The number of nitrogens with zero attached hydrogens (tertiary/aromatic N) is 1. The fourth-order valence-corrected chi connectivity index (χ4v) is 4.97. The van der Waals surface area contributed by atoms with Crippen molar-refractivity contribution in [1.82, 2.24) is 4.90 Å². The fourth-order valence-electron chi connectivity index (χ4n) is 3.91. The highest BCUT2D eigenvalue weighted by Gasteiger charge is 2.26. The molecule has 1 saturated heterocycles. The lowest BCUT2D eigenvalue weighted by Crippen LogP contribution is -2.42. The van der Waals surface area contributed by atoms with E-state index in [1.807, 2.05) is 16.2 Å². The molecule has 0 aliphatic carbocycles. The van der Waals surface area contributed by atoms with Gasteiger partial charge in [0.15, 0.2) is 0 Å². The van der Waals surface area contributed by atoms with Crippen LogP contribution in [-0.4, -0.2) is 37.1 Å². The standard InChI is InChI=1S/C25H35NO2S/c1-20-6-4-7-21(18-20)8-5-9-22-10-11-23(29-22)12-13-25(2,3)19-24(27)26-14-16-28-17-15-26/h4,6-7,10-11,18H,5,8-9,12-17,19H2,1-3H3. The number of morpholine rings is 1. The first-order chi connectivity index (χ1) is 13.9. The number of carbonyl (C=O) groups excluding carboxylic acids is 1. The zero-order valence-corrected chi connectivity index (χ0v) is 19.0. The monoisotopic (exact) mass is 413 g/mol. The minimum Gasteiger partial charge on any atom is -0.378 e. The summed E-state index contributed by atoms with van der Waals surface area (Å²) in [6.07, 6.45) is 6.23. The van der Waals surface area contributed by atoms with Gasteiger partial charge in [-0.1, -0.05) is 43.7 Å². The van der Waals surface area contributed by atoms with Gasteiger partial charge in [0.25, 0.3) is 0 Å². The quantitative estimate of drug-likeness (QED) is 0.548. The molecule has 0 saturated carbocycles. The van der Waals surface area contributed by atoms with Gasteiger partial charge < -0.3 is 9.64 Å². The Balaban J connectivity index is 1.41. The van der Waals surface area contributed by atoms with Crippen LogP contribution in [0.15, 0.2) is 36.4 Å². The van der Waals surface area contributed by atoms with Gasteiger partial charge in [-0.15, -0.1) is 11.3 Å². The van der Waals surface area contributed by atoms with Crippen molar-refractivity contribution in [2.24, 2.45) is 5.41 Å². The van der Waals surface area contributed by atoms with Crippen molar-refractivity contribution >= 4 is 17.2 Å². The molecule has 2 heterocycles. The van der Waals surface area contributed by atoms with E-state index < -0.39 is 0 Å². The second-order valence-corrected chi connectivity index (χ2v) is 10.3. The van der Waals surface area contributed by atoms with Crippen molar-refractivity contribution in [3.63, 3.8) is 0 Å². The Morgan fingerprint density at radius 2 is 1.79 bits per heavy atom. The highest BCUT2D eigenvalue weighted by atomic mass is 32.1. The van der Waals surface area contributed by atoms with E-state index in [1.165, 1.54) is 27.3 Å². The van der Waals surface area contributed by atoms with Gasteiger partial charge >= 0.3 is 0 Å². The van der Waals surface area contributed by atoms with E-state index >= 15 is 0 Å². The molecule has 29 heavy (non-hydrogen) atoms. The van der Waals surface area contributed by atoms with Gasteiger partial charge in [0.2, 0.25) is 5.91 Å². The van der Waals surface area contributed by atoms with E-state index in [4.69, 9.17) is 4.74 Å². The van der Waals surface area contributed by atoms with E-state index in [1.54, 1.807) is 0 Å². The zero-order valence-electron chi connectivity index (χ0n) is 18.2. The number of amides is 1. The molecule has 0 bridgehead atoms. The van der Waals surface area contributed by atoms with Crippen LogP contribution in [0.4, 0.5) is 0 Å². The summed E-state index contributed by atoms with van der Waals surface area (Å²) >= 11 is 1.95. The minimum absolute atomic E-state index is 0.0325. The fraction of sp³-hybridized carbons (Fsp3) is 0.560. The highest BCUT2D eigenvalue weighted by Crippen LogP contribution is 2.30. The molecular weight excluding hydrogens is 378 g/mol. The number of thiophene rings is 1. The summed E-state index contributed by atoms with van der Waals surface area (Å²) in [5.74, 6) is 0.279. The Bertz CT molecular complexity index is 790. The van der Waals surface area contributed by atoms with Crippen LogP contribution in [0.1, 0.15) is 54.0 Å². The summed E-state index contributed by atoms with van der Waals surface area (Å²) in [7, 11) is 0. The molecule has 1 fully saturated rings. The lowest BCUT2D eigenvalue weighted by atomic mass is 9.83. The van der Waals surface area contributed by atoms with Crippen molar-refractivity contribution in [3.05, 3.63) is 57.3 Å². The molecule has 4 heteroatoms. The van der Waals surface area contributed by atoms with Crippen LogP contribution in [0, 0.1) is 12.3 Å². The summed E-state index contributed by atoms with van der Waals surface area (Å²) in [6.45, 7) is 9.44. The first-order valence-electron chi connectivity index (χ1n) is 10.9. The number of benzene rings is 1. The molecule has 3 rings (SSSR count). The molecule has 2 aromatic rings. The highest BCUT2D eigenvalue weighted by molar-refractivity contribution is 7.11. The third kappa shape index (κ3) is 7.27. The summed E-state index contributed by atoms with van der Waals surface area (Å²) < 4.78 is 5.35. The molecule has 158 valence electrons. The third-order valence-electron chi connectivity index (χ3n) is 5.73. The first-order valence-corrected chi connectivity index (χ1v) is 11.7. The largest absolute Gasteiger partial charge is 0.378 e. The van der Waals surface area contributed by atoms with Crippen LogP contribution >= 0.6 is 11.3 Å². The molecule has 0 spiro atoms. The van der Waals surface area contributed by atoms with Gasteiger partial charge in [-0.2, -0.15) is 0 Å². The van der Waals surface area contributed by atoms with E-state index in [0.717, 1.165) is 38.8 Å². The van der Waals surface area contributed by atoms with E-state index in [9.17, 15) is 4.79 Å².